The molecule has 1 aromatic rings. The Balaban J connectivity index is 1.78. The monoisotopic (exact) mass is 277 g/mol. The van der Waals surface area contributed by atoms with Crippen molar-refractivity contribution in [2.45, 2.75) is 38.6 Å². The van der Waals surface area contributed by atoms with Crippen LogP contribution in [0.3, 0.4) is 0 Å². The molecule has 1 saturated carbocycles. The number of phenols is 1. The summed E-state index contributed by atoms with van der Waals surface area (Å²) in [5, 5.41) is 21.9. The first-order valence-corrected chi connectivity index (χ1v) is 7.30. The minimum Gasteiger partial charge on any atom is -0.508 e. The molecule has 2 rings (SSSR count). The summed E-state index contributed by atoms with van der Waals surface area (Å²) in [5.74, 6) is -0.289. The number of carboxylic acids is 1. The number of carbonyl (C=O) groups is 1. The molecule has 3 unspecified atom stereocenters. The fourth-order valence-electron chi connectivity index (χ4n) is 3.02. The Kier molecular flexibility index (Phi) is 5.01. The lowest BCUT2D eigenvalue weighted by atomic mass is 9.95. The van der Waals surface area contributed by atoms with Crippen LogP contribution in [-0.2, 0) is 11.2 Å². The quantitative estimate of drug-likeness (QED) is 0.747. The number of carboxylic acid groups (broad SMARTS) is 1. The van der Waals surface area contributed by atoms with Crippen molar-refractivity contribution in [3.63, 3.8) is 0 Å². The standard InChI is InChI=1S/C16H23NO3/c1-11(9-12-5-7-14(18)8-6-12)17-10-13-3-2-4-15(13)16(19)20/h5-8,11,13,15,17-18H,2-4,9-10H2,1H3,(H,19,20). The summed E-state index contributed by atoms with van der Waals surface area (Å²) in [7, 11) is 0. The Morgan fingerprint density at radius 1 is 1.35 bits per heavy atom. The van der Waals surface area contributed by atoms with E-state index >= 15 is 0 Å². The van der Waals surface area contributed by atoms with E-state index < -0.39 is 5.97 Å². The highest BCUT2D eigenvalue weighted by Crippen LogP contribution is 2.31. The fourth-order valence-corrected chi connectivity index (χ4v) is 3.02. The summed E-state index contributed by atoms with van der Waals surface area (Å²) in [5.41, 5.74) is 1.17. The number of aromatic hydroxyl groups is 1. The summed E-state index contributed by atoms with van der Waals surface area (Å²) >= 11 is 0. The first-order valence-electron chi connectivity index (χ1n) is 7.30. The van der Waals surface area contributed by atoms with Gasteiger partial charge in [-0.15, -0.1) is 0 Å². The van der Waals surface area contributed by atoms with Crippen LogP contribution >= 0.6 is 0 Å². The molecule has 1 aliphatic carbocycles. The lowest BCUT2D eigenvalue weighted by Crippen LogP contribution is -2.35. The molecule has 1 aromatic carbocycles. The number of nitrogens with one attached hydrogen (secondary N) is 1. The van der Waals surface area contributed by atoms with Gasteiger partial charge in [0.05, 0.1) is 5.92 Å². The van der Waals surface area contributed by atoms with Gasteiger partial charge in [0.25, 0.3) is 0 Å². The maximum absolute atomic E-state index is 11.1. The van der Waals surface area contributed by atoms with Crippen molar-refractivity contribution in [2.75, 3.05) is 6.54 Å². The predicted molar refractivity (Wildman–Crippen MR) is 77.7 cm³/mol. The van der Waals surface area contributed by atoms with E-state index in [0.717, 1.165) is 32.2 Å². The summed E-state index contributed by atoms with van der Waals surface area (Å²) in [6.07, 6.45) is 3.73. The van der Waals surface area contributed by atoms with Crippen LogP contribution in [0.2, 0.25) is 0 Å². The Hall–Kier alpha value is -1.55. The van der Waals surface area contributed by atoms with Crippen molar-refractivity contribution in [2.24, 2.45) is 11.8 Å². The van der Waals surface area contributed by atoms with E-state index in [0.29, 0.717) is 6.04 Å². The smallest absolute Gasteiger partial charge is 0.306 e. The molecule has 0 bridgehead atoms. The number of aliphatic carboxylic acids is 1. The second-order valence-electron chi connectivity index (χ2n) is 5.82. The van der Waals surface area contributed by atoms with Gasteiger partial charge in [0.1, 0.15) is 5.75 Å². The average Bonchev–Trinajstić information content (AvgIpc) is 2.88. The van der Waals surface area contributed by atoms with E-state index in [1.165, 1.54) is 5.56 Å². The van der Waals surface area contributed by atoms with Gasteiger partial charge in [-0.1, -0.05) is 18.6 Å². The third kappa shape index (κ3) is 3.97. The van der Waals surface area contributed by atoms with Crippen molar-refractivity contribution in [1.29, 1.82) is 0 Å². The topological polar surface area (TPSA) is 69.6 Å². The van der Waals surface area contributed by atoms with Gasteiger partial charge in [-0.2, -0.15) is 0 Å². The van der Waals surface area contributed by atoms with Crippen LogP contribution in [-0.4, -0.2) is 28.8 Å². The molecule has 4 nitrogen and oxygen atoms in total. The van der Waals surface area contributed by atoms with E-state index in [2.05, 4.69) is 12.2 Å². The number of hydrogen-bond donors (Lipinski definition) is 3. The number of rotatable bonds is 6. The van der Waals surface area contributed by atoms with Gasteiger partial charge >= 0.3 is 5.97 Å². The number of benzene rings is 1. The molecule has 0 spiro atoms. The maximum atomic E-state index is 11.1. The van der Waals surface area contributed by atoms with E-state index in [9.17, 15) is 9.90 Å². The Morgan fingerprint density at radius 2 is 2.05 bits per heavy atom. The zero-order chi connectivity index (χ0) is 14.5. The molecule has 0 heterocycles. The van der Waals surface area contributed by atoms with E-state index in [1.54, 1.807) is 12.1 Å². The molecular formula is C16H23NO3. The Labute approximate surface area is 119 Å². The Morgan fingerprint density at radius 3 is 2.70 bits per heavy atom. The number of phenolic OH excluding ortho intramolecular Hbond substituents is 1. The zero-order valence-electron chi connectivity index (χ0n) is 11.9. The molecule has 4 heteroatoms. The lowest BCUT2D eigenvalue weighted by Gasteiger charge is -2.20. The van der Waals surface area contributed by atoms with Gasteiger partial charge < -0.3 is 15.5 Å². The van der Waals surface area contributed by atoms with Gasteiger partial charge in [0.15, 0.2) is 0 Å². The normalized spacial score (nSPS) is 23.6. The highest BCUT2D eigenvalue weighted by molar-refractivity contribution is 5.70. The minimum absolute atomic E-state index is 0.177. The zero-order valence-corrected chi connectivity index (χ0v) is 11.9. The van der Waals surface area contributed by atoms with Gasteiger partial charge in [-0.05, 0) is 56.3 Å². The van der Waals surface area contributed by atoms with Crippen LogP contribution < -0.4 is 5.32 Å². The molecule has 0 amide bonds. The van der Waals surface area contributed by atoms with Crippen LogP contribution in [0.1, 0.15) is 31.7 Å². The molecular weight excluding hydrogens is 254 g/mol. The second-order valence-corrected chi connectivity index (χ2v) is 5.82. The molecule has 3 N–H and O–H groups in total. The van der Waals surface area contributed by atoms with Crippen molar-refractivity contribution >= 4 is 5.97 Å². The SMILES string of the molecule is CC(Cc1ccc(O)cc1)NCC1CCCC1C(=O)O. The molecule has 0 radical (unpaired) electrons. The van der Waals surface area contributed by atoms with Crippen LogP contribution in [0, 0.1) is 11.8 Å². The van der Waals surface area contributed by atoms with Crippen LogP contribution in [0.25, 0.3) is 0 Å². The van der Waals surface area contributed by atoms with E-state index in [4.69, 9.17) is 5.11 Å². The third-order valence-corrected chi connectivity index (χ3v) is 4.18. The second kappa shape index (κ2) is 6.75. The summed E-state index contributed by atoms with van der Waals surface area (Å²) in [6.45, 7) is 2.88. The molecule has 1 aliphatic rings. The summed E-state index contributed by atoms with van der Waals surface area (Å²) in [6, 6.07) is 7.53. The largest absolute Gasteiger partial charge is 0.508 e. The van der Waals surface area contributed by atoms with Gasteiger partial charge in [0, 0.05) is 6.04 Å². The highest BCUT2D eigenvalue weighted by atomic mass is 16.4. The van der Waals surface area contributed by atoms with Crippen molar-refractivity contribution in [3.05, 3.63) is 29.8 Å². The third-order valence-electron chi connectivity index (χ3n) is 4.18. The van der Waals surface area contributed by atoms with Crippen molar-refractivity contribution in [1.82, 2.24) is 5.32 Å². The van der Waals surface area contributed by atoms with Crippen molar-refractivity contribution < 1.29 is 15.0 Å². The lowest BCUT2D eigenvalue weighted by molar-refractivity contribution is -0.142. The summed E-state index contributed by atoms with van der Waals surface area (Å²) in [4.78, 5) is 11.1. The first kappa shape index (κ1) is 14.9. The van der Waals surface area contributed by atoms with Gasteiger partial charge in [-0.25, -0.2) is 0 Å². The molecule has 0 saturated heterocycles. The number of hydrogen-bond acceptors (Lipinski definition) is 3. The fraction of sp³-hybridized carbons (Fsp3) is 0.562. The average molecular weight is 277 g/mol. The maximum Gasteiger partial charge on any atom is 0.306 e. The molecule has 110 valence electrons. The highest BCUT2D eigenvalue weighted by Gasteiger charge is 2.32. The predicted octanol–water partition coefficient (Wildman–Crippen LogP) is 2.41. The molecule has 0 aromatic heterocycles. The molecule has 20 heavy (non-hydrogen) atoms. The van der Waals surface area contributed by atoms with Crippen LogP contribution in [0.5, 0.6) is 5.75 Å². The van der Waals surface area contributed by atoms with E-state index in [1.807, 2.05) is 12.1 Å². The molecule has 0 aliphatic heterocycles. The molecule has 3 atom stereocenters. The van der Waals surface area contributed by atoms with Crippen LogP contribution in [0.15, 0.2) is 24.3 Å². The minimum atomic E-state index is -0.652. The van der Waals surface area contributed by atoms with E-state index in [-0.39, 0.29) is 17.6 Å². The van der Waals surface area contributed by atoms with Gasteiger partial charge in [0.2, 0.25) is 0 Å². The van der Waals surface area contributed by atoms with Gasteiger partial charge in [-0.3, -0.25) is 4.79 Å². The van der Waals surface area contributed by atoms with Crippen molar-refractivity contribution in [3.8, 4) is 5.75 Å². The Bertz CT molecular complexity index is 444. The summed E-state index contributed by atoms with van der Waals surface area (Å²) < 4.78 is 0. The molecule has 1 fully saturated rings. The first-order chi connectivity index (χ1) is 9.56. The van der Waals surface area contributed by atoms with Crippen LogP contribution in [0.4, 0.5) is 0 Å².